The van der Waals surface area contributed by atoms with Crippen molar-refractivity contribution in [3.63, 3.8) is 0 Å². The highest BCUT2D eigenvalue weighted by molar-refractivity contribution is 5.89. The van der Waals surface area contributed by atoms with Crippen LogP contribution in [-0.4, -0.2) is 36.1 Å². The Morgan fingerprint density at radius 3 is 2.26 bits per heavy atom. The SMILES string of the molecule is CC(=O)OC(CCC[C@@H](C)[C@H]1CC[C@H]2[C@H]3[C@H](CC[C@]12C)[C@@]1(C)CC[C@H](OC(C)=O)C(=O)[C@@H]1CC3(F)F)c1ccccc1OC(F)(F)F. The number of ketones is 1. The number of rotatable bonds is 9. The van der Waals surface area contributed by atoms with Crippen molar-refractivity contribution in [3.05, 3.63) is 29.8 Å². The molecule has 0 N–H and O–H groups in total. The number of hydrogen-bond acceptors (Lipinski definition) is 6. The molecule has 4 saturated carbocycles. The Kier molecular flexibility index (Phi) is 9.81. The van der Waals surface area contributed by atoms with Gasteiger partial charge in [-0.2, -0.15) is 0 Å². The van der Waals surface area contributed by atoms with E-state index < -0.39 is 65.9 Å². The van der Waals surface area contributed by atoms with Crippen molar-refractivity contribution in [2.45, 2.75) is 123 Å². The zero-order valence-electron chi connectivity index (χ0n) is 27.8. The van der Waals surface area contributed by atoms with Gasteiger partial charge in [-0.15, -0.1) is 13.2 Å². The molecule has 0 amide bonds. The molecule has 4 aliphatic carbocycles. The van der Waals surface area contributed by atoms with Crippen molar-refractivity contribution in [2.75, 3.05) is 0 Å². The number of benzene rings is 1. The van der Waals surface area contributed by atoms with Gasteiger partial charge in [-0.05, 0) is 91.9 Å². The van der Waals surface area contributed by atoms with E-state index >= 15 is 8.78 Å². The Hall–Kier alpha value is -2.72. The van der Waals surface area contributed by atoms with Crippen LogP contribution in [0.4, 0.5) is 22.0 Å². The van der Waals surface area contributed by atoms with Crippen LogP contribution in [0.3, 0.4) is 0 Å². The number of esters is 2. The van der Waals surface area contributed by atoms with Crippen LogP contribution in [0.2, 0.25) is 0 Å². The summed E-state index contributed by atoms with van der Waals surface area (Å²) < 4.78 is 86.7. The third-order valence-electron chi connectivity index (χ3n) is 12.5. The molecule has 1 aromatic carbocycles. The fraction of sp³-hybridized carbons (Fsp3) is 0.750. The van der Waals surface area contributed by atoms with Crippen molar-refractivity contribution >= 4 is 17.7 Å². The van der Waals surface area contributed by atoms with Crippen LogP contribution in [0.5, 0.6) is 5.75 Å². The molecule has 1 unspecified atom stereocenters. The number of carbonyl (C=O) groups excluding carboxylic acids is 3. The molecule has 1 aromatic rings. The summed E-state index contributed by atoms with van der Waals surface area (Å²) in [6.07, 6.45) is -1.90. The Bertz CT molecular complexity index is 1350. The number of halogens is 5. The summed E-state index contributed by atoms with van der Waals surface area (Å²) >= 11 is 0. The molecule has 0 radical (unpaired) electrons. The van der Waals surface area contributed by atoms with Gasteiger partial charge in [0.15, 0.2) is 11.9 Å². The molecule has 0 spiro atoms. The number of fused-ring (bicyclic) bond motifs is 5. The van der Waals surface area contributed by atoms with Gasteiger partial charge in [-0.25, -0.2) is 8.78 Å². The molecular formula is C36H47F5O6. The average molecular weight is 671 g/mol. The minimum Gasteiger partial charge on any atom is -0.458 e. The van der Waals surface area contributed by atoms with E-state index in [1.54, 1.807) is 6.07 Å². The zero-order valence-corrected chi connectivity index (χ0v) is 27.8. The topological polar surface area (TPSA) is 78.9 Å². The number of Topliss-reactive ketones (excluding diaryl/α,β-unsaturated/α-hetero) is 1. The van der Waals surface area contributed by atoms with E-state index in [-0.39, 0.29) is 40.4 Å². The van der Waals surface area contributed by atoms with Crippen LogP contribution in [0.15, 0.2) is 24.3 Å². The second kappa shape index (κ2) is 13.0. The predicted molar refractivity (Wildman–Crippen MR) is 162 cm³/mol. The largest absolute Gasteiger partial charge is 0.573 e. The molecule has 262 valence electrons. The number of ether oxygens (including phenoxy) is 3. The van der Waals surface area contributed by atoms with Gasteiger partial charge in [-0.3, -0.25) is 14.4 Å². The molecule has 0 aromatic heterocycles. The molecule has 47 heavy (non-hydrogen) atoms. The molecule has 6 nitrogen and oxygen atoms in total. The maximum absolute atomic E-state index is 16.3. The molecule has 10 atom stereocenters. The third kappa shape index (κ3) is 6.91. The Labute approximate surface area is 273 Å². The van der Waals surface area contributed by atoms with Crippen LogP contribution < -0.4 is 4.74 Å². The van der Waals surface area contributed by atoms with Gasteiger partial charge < -0.3 is 14.2 Å². The van der Waals surface area contributed by atoms with Crippen LogP contribution in [-0.2, 0) is 23.9 Å². The summed E-state index contributed by atoms with van der Waals surface area (Å²) in [7, 11) is 0. The average Bonchev–Trinajstić information content (AvgIpc) is 3.31. The molecule has 0 aliphatic heterocycles. The van der Waals surface area contributed by atoms with E-state index in [0.717, 1.165) is 12.8 Å². The van der Waals surface area contributed by atoms with E-state index in [1.165, 1.54) is 32.0 Å². The van der Waals surface area contributed by atoms with Crippen molar-refractivity contribution in [2.24, 2.45) is 46.3 Å². The fourth-order valence-corrected chi connectivity index (χ4v) is 10.5. The van der Waals surface area contributed by atoms with E-state index in [1.807, 2.05) is 6.92 Å². The number of alkyl halides is 5. The van der Waals surface area contributed by atoms with E-state index in [0.29, 0.717) is 44.9 Å². The van der Waals surface area contributed by atoms with Gasteiger partial charge in [0.1, 0.15) is 11.9 Å². The Morgan fingerprint density at radius 2 is 1.60 bits per heavy atom. The van der Waals surface area contributed by atoms with Gasteiger partial charge in [0, 0.05) is 37.7 Å². The second-order valence-corrected chi connectivity index (χ2v) is 15.1. The van der Waals surface area contributed by atoms with Gasteiger partial charge in [0.2, 0.25) is 0 Å². The Balaban J connectivity index is 1.28. The summed E-state index contributed by atoms with van der Waals surface area (Å²) in [5.41, 5.74) is -0.733. The lowest BCUT2D eigenvalue weighted by Gasteiger charge is -2.62. The maximum atomic E-state index is 16.3. The number of hydrogen-bond donors (Lipinski definition) is 0. The maximum Gasteiger partial charge on any atom is 0.573 e. The lowest BCUT2D eigenvalue weighted by atomic mass is 9.43. The molecular weight excluding hydrogens is 623 g/mol. The second-order valence-electron chi connectivity index (χ2n) is 15.1. The molecule has 0 bridgehead atoms. The van der Waals surface area contributed by atoms with Crippen molar-refractivity contribution in [1.29, 1.82) is 0 Å². The van der Waals surface area contributed by atoms with Crippen LogP contribution >= 0.6 is 0 Å². The third-order valence-corrected chi connectivity index (χ3v) is 12.5. The number of para-hydroxylation sites is 1. The zero-order chi connectivity index (χ0) is 34.5. The lowest BCUT2D eigenvalue weighted by Crippen LogP contribution is -2.63. The first kappa shape index (κ1) is 35.6. The number of carbonyl (C=O) groups is 3. The molecule has 0 saturated heterocycles. The smallest absolute Gasteiger partial charge is 0.458 e. The highest BCUT2D eigenvalue weighted by atomic mass is 19.4. The van der Waals surface area contributed by atoms with E-state index in [2.05, 4.69) is 18.6 Å². The van der Waals surface area contributed by atoms with Gasteiger partial charge >= 0.3 is 18.3 Å². The van der Waals surface area contributed by atoms with E-state index in [4.69, 9.17) is 9.47 Å². The summed E-state index contributed by atoms with van der Waals surface area (Å²) in [6, 6.07) is 5.65. The lowest BCUT2D eigenvalue weighted by molar-refractivity contribution is -0.275. The summed E-state index contributed by atoms with van der Waals surface area (Å²) in [6.45, 7) is 8.72. The standard InChI is InChI=1S/C36H47F5O6/c1-20(9-8-12-28(45-21(2)42)23-10-6-7-11-29(23)47-36(39,40)41)24-13-14-25-31-26(15-17-33(24,25)4)34(5)18-16-30(46-22(3)43)32(44)27(34)19-35(31,37)38/h6-7,10-11,20,24-28,30-31H,8-9,12-19H2,1-5H3/t20-,24-,25+,26+,27+,28?,30+,31+,33-,34-/m1/s1. The van der Waals surface area contributed by atoms with Crippen LogP contribution in [0, 0.1) is 46.3 Å². The van der Waals surface area contributed by atoms with Crippen molar-refractivity contribution in [3.8, 4) is 5.75 Å². The van der Waals surface area contributed by atoms with E-state index in [9.17, 15) is 27.6 Å². The van der Waals surface area contributed by atoms with Crippen LogP contribution in [0.1, 0.15) is 110 Å². The predicted octanol–water partition coefficient (Wildman–Crippen LogP) is 9.01. The first-order valence-electron chi connectivity index (χ1n) is 17.0. The van der Waals surface area contributed by atoms with Crippen molar-refractivity contribution in [1.82, 2.24) is 0 Å². The fourth-order valence-electron chi connectivity index (χ4n) is 10.5. The minimum absolute atomic E-state index is 0.144. The van der Waals surface area contributed by atoms with Crippen molar-refractivity contribution < 1.29 is 50.5 Å². The quantitative estimate of drug-likeness (QED) is 0.193. The molecule has 4 fully saturated rings. The normalized spacial score (nSPS) is 35.9. The van der Waals surface area contributed by atoms with Gasteiger partial charge in [0.05, 0.1) is 0 Å². The van der Waals surface area contributed by atoms with Gasteiger partial charge in [0.25, 0.3) is 5.92 Å². The summed E-state index contributed by atoms with van der Waals surface area (Å²) in [5.74, 6) is -6.79. The van der Waals surface area contributed by atoms with Gasteiger partial charge in [-0.1, -0.05) is 45.4 Å². The molecule has 11 heteroatoms. The summed E-state index contributed by atoms with van der Waals surface area (Å²) in [4.78, 5) is 36.9. The van der Waals surface area contributed by atoms with Crippen LogP contribution in [0.25, 0.3) is 0 Å². The molecule has 0 heterocycles. The molecule has 5 rings (SSSR count). The Morgan fingerprint density at radius 1 is 0.936 bits per heavy atom. The molecule has 4 aliphatic rings. The first-order chi connectivity index (χ1) is 21.9. The minimum atomic E-state index is -4.90. The summed E-state index contributed by atoms with van der Waals surface area (Å²) in [5, 5.41) is 0. The highest BCUT2D eigenvalue weighted by Crippen LogP contribution is 2.71. The monoisotopic (exact) mass is 670 g/mol. The first-order valence-corrected chi connectivity index (χ1v) is 17.0. The highest BCUT2D eigenvalue weighted by Gasteiger charge is 2.69.